The highest BCUT2D eigenvalue weighted by atomic mass is 35.5. The molecule has 0 aliphatic rings. The number of amides is 1. The van der Waals surface area contributed by atoms with Crippen molar-refractivity contribution in [2.45, 2.75) is 13.5 Å². The third-order valence-corrected chi connectivity index (χ3v) is 2.84. The van der Waals surface area contributed by atoms with E-state index in [1.807, 2.05) is 30.5 Å². The number of halogens is 1. The van der Waals surface area contributed by atoms with Gasteiger partial charge in [-0.3, -0.25) is 4.79 Å². The van der Waals surface area contributed by atoms with Gasteiger partial charge in [0.2, 0.25) is 0 Å². The Hall–Kier alpha value is -1.92. The molecule has 18 heavy (non-hydrogen) atoms. The summed E-state index contributed by atoms with van der Waals surface area (Å²) in [5.74, 6) is 4.77. The number of hydrogen-bond acceptors (Lipinski definition) is 1. The van der Waals surface area contributed by atoms with Gasteiger partial charge in [-0.25, -0.2) is 0 Å². The molecule has 0 unspecified atom stereocenters. The van der Waals surface area contributed by atoms with Gasteiger partial charge in [-0.05, 0) is 37.1 Å². The van der Waals surface area contributed by atoms with Crippen molar-refractivity contribution in [2.75, 3.05) is 6.54 Å². The van der Waals surface area contributed by atoms with E-state index in [1.54, 1.807) is 6.92 Å². The van der Waals surface area contributed by atoms with E-state index in [9.17, 15) is 4.79 Å². The quantitative estimate of drug-likeness (QED) is 0.845. The summed E-state index contributed by atoms with van der Waals surface area (Å²) in [5.41, 5.74) is 1.11. The molecule has 0 aliphatic heterocycles. The second-order valence-electron chi connectivity index (χ2n) is 3.84. The third-order valence-electron chi connectivity index (χ3n) is 2.61. The summed E-state index contributed by atoms with van der Waals surface area (Å²) in [6.45, 7) is 2.91. The standard InChI is InChI=1S/C14H13ClN2O/c1-2-3-14(18)16-7-9-17-8-6-11-10-12(15)4-5-13(11)17/h4-6,8,10H,7,9H2,1H3,(H,16,18). The summed E-state index contributed by atoms with van der Waals surface area (Å²) in [6, 6.07) is 7.77. The minimum absolute atomic E-state index is 0.239. The summed E-state index contributed by atoms with van der Waals surface area (Å²) >= 11 is 5.93. The molecular weight excluding hydrogens is 248 g/mol. The number of nitrogens with zero attached hydrogens (tertiary/aromatic N) is 1. The van der Waals surface area contributed by atoms with Gasteiger partial charge in [-0.15, -0.1) is 0 Å². The van der Waals surface area contributed by atoms with E-state index in [4.69, 9.17) is 11.6 Å². The Balaban J connectivity index is 2.03. The van der Waals surface area contributed by atoms with Crippen molar-refractivity contribution in [3.63, 3.8) is 0 Å². The van der Waals surface area contributed by atoms with Gasteiger partial charge in [0.1, 0.15) is 0 Å². The molecule has 92 valence electrons. The van der Waals surface area contributed by atoms with Crippen LogP contribution in [0.4, 0.5) is 0 Å². The minimum Gasteiger partial charge on any atom is -0.346 e. The second-order valence-corrected chi connectivity index (χ2v) is 4.28. The molecule has 0 saturated carbocycles. The van der Waals surface area contributed by atoms with Crippen LogP contribution in [-0.4, -0.2) is 17.0 Å². The zero-order chi connectivity index (χ0) is 13.0. The van der Waals surface area contributed by atoms with Crippen LogP contribution >= 0.6 is 11.6 Å². The molecule has 0 fully saturated rings. The average Bonchev–Trinajstić information content (AvgIpc) is 2.72. The van der Waals surface area contributed by atoms with Gasteiger partial charge in [0.15, 0.2) is 0 Å². The number of hydrogen-bond donors (Lipinski definition) is 1. The highest BCUT2D eigenvalue weighted by Gasteiger charge is 2.01. The van der Waals surface area contributed by atoms with Gasteiger partial charge in [0.25, 0.3) is 5.91 Å². The number of rotatable bonds is 3. The van der Waals surface area contributed by atoms with Crippen LogP contribution in [0.2, 0.25) is 5.02 Å². The topological polar surface area (TPSA) is 34.0 Å². The molecule has 0 atom stereocenters. The first kappa shape index (κ1) is 12.5. The zero-order valence-electron chi connectivity index (χ0n) is 10.0. The fourth-order valence-electron chi connectivity index (χ4n) is 1.81. The zero-order valence-corrected chi connectivity index (χ0v) is 10.8. The van der Waals surface area contributed by atoms with Crippen molar-refractivity contribution >= 4 is 28.4 Å². The van der Waals surface area contributed by atoms with Crippen LogP contribution in [0.3, 0.4) is 0 Å². The molecule has 1 aromatic carbocycles. The lowest BCUT2D eigenvalue weighted by atomic mass is 10.2. The fourth-order valence-corrected chi connectivity index (χ4v) is 1.99. The Morgan fingerprint density at radius 3 is 3.06 bits per heavy atom. The Labute approximate surface area is 111 Å². The minimum atomic E-state index is -0.239. The van der Waals surface area contributed by atoms with Crippen molar-refractivity contribution in [3.8, 4) is 11.8 Å². The monoisotopic (exact) mass is 260 g/mol. The molecule has 0 bridgehead atoms. The smallest absolute Gasteiger partial charge is 0.295 e. The Morgan fingerprint density at radius 1 is 1.44 bits per heavy atom. The van der Waals surface area contributed by atoms with Crippen LogP contribution in [0.15, 0.2) is 30.5 Å². The van der Waals surface area contributed by atoms with Crippen molar-refractivity contribution in [3.05, 3.63) is 35.5 Å². The van der Waals surface area contributed by atoms with E-state index < -0.39 is 0 Å². The first-order valence-corrected chi connectivity index (χ1v) is 6.03. The molecule has 1 aromatic heterocycles. The Morgan fingerprint density at radius 2 is 2.28 bits per heavy atom. The molecule has 0 aliphatic carbocycles. The van der Waals surface area contributed by atoms with Crippen LogP contribution in [0.25, 0.3) is 10.9 Å². The fraction of sp³-hybridized carbons (Fsp3) is 0.214. The molecule has 1 heterocycles. The molecule has 2 aromatic rings. The van der Waals surface area contributed by atoms with E-state index in [0.717, 1.165) is 15.9 Å². The van der Waals surface area contributed by atoms with Crippen molar-refractivity contribution in [1.82, 2.24) is 9.88 Å². The van der Waals surface area contributed by atoms with Gasteiger partial charge in [0.05, 0.1) is 0 Å². The molecule has 0 spiro atoms. The van der Waals surface area contributed by atoms with Crippen LogP contribution in [-0.2, 0) is 11.3 Å². The predicted octanol–water partition coefficient (Wildman–Crippen LogP) is 2.43. The van der Waals surface area contributed by atoms with E-state index in [0.29, 0.717) is 13.1 Å². The molecule has 0 radical (unpaired) electrons. The third kappa shape index (κ3) is 2.85. The molecule has 1 N–H and O–H groups in total. The number of benzene rings is 1. The van der Waals surface area contributed by atoms with E-state index >= 15 is 0 Å². The number of aromatic nitrogens is 1. The highest BCUT2D eigenvalue weighted by molar-refractivity contribution is 6.31. The molecule has 1 amide bonds. The first-order valence-electron chi connectivity index (χ1n) is 5.65. The van der Waals surface area contributed by atoms with Gasteiger partial charge >= 0.3 is 0 Å². The maximum absolute atomic E-state index is 11.2. The van der Waals surface area contributed by atoms with Crippen molar-refractivity contribution in [1.29, 1.82) is 0 Å². The summed E-state index contributed by atoms with van der Waals surface area (Å²) in [5, 5.41) is 4.57. The summed E-state index contributed by atoms with van der Waals surface area (Å²) in [4.78, 5) is 11.2. The van der Waals surface area contributed by atoms with Crippen LogP contribution in [0, 0.1) is 11.8 Å². The predicted molar refractivity (Wildman–Crippen MR) is 73.4 cm³/mol. The first-order chi connectivity index (χ1) is 8.70. The largest absolute Gasteiger partial charge is 0.346 e. The van der Waals surface area contributed by atoms with Crippen molar-refractivity contribution in [2.24, 2.45) is 0 Å². The molecule has 4 heteroatoms. The Bertz CT molecular complexity index is 634. The normalized spacial score (nSPS) is 9.89. The van der Waals surface area contributed by atoms with E-state index in [-0.39, 0.29) is 5.91 Å². The van der Waals surface area contributed by atoms with Gasteiger partial charge in [-0.2, -0.15) is 0 Å². The number of carbonyl (C=O) groups is 1. The lowest BCUT2D eigenvalue weighted by Crippen LogP contribution is -2.25. The van der Waals surface area contributed by atoms with Crippen LogP contribution < -0.4 is 5.32 Å². The van der Waals surface area contributed by atoms with Crippen LogP contribution in [0.5, 0.6) is 0 Å². The van der Waals surface area contributed by atoms with Crippen LogP contribution in [0.1, 0.15) is 6.92 Å². The maximum Gasteiger partial charge on any atom is 0.295 e. The number of nitrogens with one attached hydrogen (secondary N) is 1. The van der Waals surface area contributed by atoms with Crippen molar-refractivity contribution < 1.29 is 4.79 Å². The Kier molecular flexibility index (Phi) is 3.91. The van der Waals surface area contributed by atoms with Gasteiger partial charge < -0.3 is 9.88 Å². The molecule has 2 rings (SSSR count). The molecule has 0 saturated heterocycles. The SMILES string of the molecule is CC#CC(=O)NCCn1ccc2cc(Cl)ccc21. The van der Waals surface area contributed by atoms with E-state index in [1.165, 1.54) is 0 Å². The molecular formula is C14H13ClN2O. The highest BCUT2D eigenvalue weighted by Crippen LogP contribution is 2.20. The second kappa shape index (κ2) is 5.61. The number of carbonyl (C=O) groups excluding carboxylic acids is 1. The van der Waals surface area contributed by atoms with Gasteiger partial charge in [0, 0.05) is 35.2 Å². The summed E-state index contributed by atoms with van der Waals surface area (Å²) in [6.07, 6.45) is 1.98. The summed E-state index contributed by atoms with van der Waals surface area (Å²) in [7, 11) is 0. The van der Waals surface area contributed by atoms with Gasteiger partial charge in [-0.1, -0.05) is 17.5 Å². The lowest BCUT2D eigenvalue weighted by Gasteiger charge is -2.05. The average molecular weight is 261 g/mol. The lowest BCUT2D eigenvalue weighted by molar-refractivity contribution is -0.115. The molecule has 3 nitrogen and oxygen atoms in total. The summed E-state index contributed by atoms with van der Waals surface area (Å²) < 4.78 is 2.07. The van der Waals surface area contributed by atoms with E-state index in [2.05, 4.69) is 21.7 Å². The maximum atomic E-state index is 11.2. The number of fused-ring (bicyclic) bond motifs is 1.